The van der Waals surface area contributed by atoms with E-state index in [4.69, 9.17) is 5.73 Å². The SMILES string of the molecule is Cl.Nc1cccc2c1CCCN2C(=O)Cc1ccc(OC(F)(F)F)cc1. The van der Waals surface area contributed by atoms with Crippen molar-refractivity contribution in [2.45, 2.75) is 25.6 Å². The third kappa shape index (κ3) is 4.60. The number of hydrogen-bond acceptors (Lipinski definition) is 3. The number of nitrogens with zero attached hydrogens (tertiary/aromatic N) is 1. The van der Waals surface area contributed by atoms with Gasteiger partial charge < -0.3 is 15.4 Å². The molecule has 0 saturated carbocycles. The van der Waals surface area contributed by atoms with Crippen LogP contribution in [0.15, 0.2) is 42.5 Å². The van der Waals surface area contributed by atoms with Crippen LogP contribution in [0.3, 0.4) is 0 Å². The van der Waals surface area contributed by atoms with Crippen LogP contribution in [0.1, 0.15) is 17.5 Å². The zero-order valence-electron chi connectivity index (χ0n) is 13.8. The number of anilines is 2. The molecule has 8 heteroatoms. The van der Waals surface area contributed by atoms with E-state index in [1.807, 2.05) is 18.2 Å². The third-order valence-corrected chi connectivity index (χ3v) is 4.10. The maximum atomic E-state index is 12.6. The summed E-state index contributed by atoms with van der Waals surface area (Å²) in [6.07, 6.45) is -2.98. The van der Waals surface area contributed by atoms with Crippen LogP contribution < -0.4 is 15.4 Å². The average molecular weight is 387 g/mol. The van der Waals surface area contributed by atoms with E-state index >= 15 is 0 Å². The molecule has 1 heterocycles. The molecular weight excluding hydrogens is 369 g/mol. The molecule has 0 saturated heterocycles. The lowest BCUT2D eigenvalue weighted by molar-refractivity contribution is -0.274. The number of carbonyl (C=O) groups excluding carboxylic acids is 1. The fourth-order valence-corrected chi connectivity index (χ4v) is 2.99. The molecular formula is C18H18ClF3N2O2. The highest BCUT2D eigenvalue weighted by molar-refractivity contribution is 5.96. The first kappa shape index (κ1) is 19.9. The predicted molar refractivity (Wildman–Crippen MR) is 95.6 cm³/mol. The standard InChI is InChI=1S/C18H17F3N2O2.ClH/c19-18(20,21)25-13-8-6-12(7-9-13)11-17(24)23-10-2-3-14-15(22)4-1-5-16(14)23;/h1,4-9H,2-3,10-11,22H2;1H. The van der Waals surface area contributed by atoms with Crippen LogP contribution in [-0.4, -0.2) is 18.8 Å². The Labute approximate surface area is 155 Å². The first-order chi connectivity index (χ1) is 11.8. The Kier molecular flexibility index (Phi) is 6.02. The van der Waals surface area contributed by atoms with Crippen molar-refractivity contribution in [3.8, 4) is 5.75 Å². The summed E-state index contributed by atoms with van der Waals surface area (Å²) in [6, 6.07) is 10.8. The van der Waals surface area contributed by atoms with E-state index in [0.29, 0.717) is 17.8 Å². The van der Waals surface area contributed by atoms with Crippen LogP contribution in [-0.2, 0) is 17.6 Å². The molecule has 0 aliphatic carbocycles. The van der Waals surface area contributed by atoms with Crippen molar-refractivity contribution in [3.05, 3.63) is 53.6 Å². The number of nitrogens with two attached hydrogens (primary N) is 1. The summed E-state index contributed by atoms with van der Waals surface area (Å²) in [7, 11) is 0. The van der Waals surface area contributed by atoms with Gasteiger partial charge in [-0.3, -0.25) is 4.79 Å². The van der Waals surface area contributed by atoms with Crippen LogP contribution >= 0.6 is 12.4 Å². The summed E-state index contributed by atoms with van der Waals surface area (Å²) < 4.78 is 40.4. The van der Waals surface area contributed by atoms with E-state index in [0.717, 1.165) is 24.1 Å². The number of rotatable bonds is 3. The normalized spacial score (nSPS) is 13.6. The van der Waals surface area contributed by atoms with E-state index in [1.165, 1.54) is 24.3 Å². The Bertz CT molecular complexity index is 779. The van der Waals surface area contributed by atoms with Crippen molar-refractivity contribution < 1.29 is 22.7 Å². The maximum absolute atomic E-state index is 12.6. The van der Waals surface area contributed by atoms with Crippen LogP contribution in [0.4, 0.5) is 24.5 Å². The maximum Gasteiger partial charge on any atom is 0.573 e. The summed E-state index contributed by atoms with van der Waals surface area (Å²) >= 11 is 0. The number of carbonyl (C=O) groups is 1. The van der Waals surface area contributed by atoms with E-state index in [2.05, 4.69) is 4.74 Å². The van der Waals surface area contributed by atoms with Gasteiger partial charge in [0.05, 0.1) is 6.42 Å². The largest absolute Gasteiger partial charge is 0.573 e. The predicted octanol–water partition coefficient (Wildman–Crippen LogP) is 4.11. The molecule has 0 fully saturated rings. The second-order valence-electron chi connectivity index (χ2n) is 5.86. The van der Waals surface area contributed by atoms with E-state index < -0.39 is 6.36 Å². The lowest BCUT2D eigenvalue weighted by atomic mass is 9.99. The molecule has 2 aromatic rings. The van der Waals surface area contributed by atoms with Gasteiger partial charge in [-0.05, 0) is 48.2 Å². The van der Waals surface area contributed by atoms with Gasteiger partial charge in [-0.15, -0.1) is 25.6 Å². The minimum atomic E-state index is -4.73. The first-order valence-electron chi connectivity index (χ1n) is 7.86. The van der Waals surface area contributed by atoms with Crippen molar-refractivity contribution >= 4 is 29.7 Å². The zero-order chi connectivity index (χ0) is 18.0. The smallest absolute Gasteiger partial charge is 0.406 e. The second kappa shape index (κ2) is 7.86. The van der Waals surface area contributed by atoms with Crippen LogP contribution in [0.2, 0.25) is 0 Å². The van der Waals surface area contributed by atoms with Gasteiger partial charge in [0.15, 0.2) is 0 Å². The molecule has 0 radical (unpaired) electrons. The summed E-state index contributed by atoms with van der Waals surface area (Å²) in [5.74, 6) is -0.421. The second-order valence-corrected chi connectivity index (χ2v) is 5.86. The number of amides is 1. The molecule has 0 bridgehead atoms. The van der Waals surface area contributed by atoms with Crippen molar-refractivity contribution in [1.29, 1.82) is 0 Å². The van der Waals surface area contributed by atoms with Gasteiger partial charge in [-0.2, -0.15) is 0 Å². The average Bonchev–Trinajstić information content (AvgIpc) is 2.55. The molecule has 0 atom stereocenters. The van der Waals surface area contributed by atoms with Gasteiger partial charge in [0, 0.05) is 17.9 Å². The van der Waals surface area contributed by atoms with Gasteiger partial charge in [0.1, 0.15) is 5.75 Å². The number of hydrogen-bond donors (Lipinski definition) is 1. The fraction of sp³-hybridized carbons (Fsp3) is 0.278. The first-order valence-corrected chi connectivity index (χ1v) is 7.86. The molecule has 0 aromatic heterocycles. The minimum Gasteiger partial charge on any atom is -0.406 e. The molecule has 140 valence electrons. The van der Waals surface area contributed by atoms with E-state index in [1.54, 1.807) is 4.90 Å². The highest BCUT2D eigenvalue weighted by Gasteiger charge is 2.31. The molecule has 2 N–H and O–H groups in total. The zero-order valence-corrected chi connectivity index (χ0v) is 14.6. The third-order valence-electron chi connectivity index (χ3n) is 4.10. The van der Waals surface area contributed by atoms with Gasteiger partial charge in [-0.1, -0.05) is 18.2 Å². The number of fused-ring (bicyclic) bond motifs is 1. The number of halogens is 4. The molecule has 26 heavy (non-hydrogen) atoms. The number of alkyl halides is 3. The fourth-order valence-electron chi connectivity index (χ4n) is 2.99. The van der Waals surface area contributed by atoms with Crippen LogP contribution in [0, 0.1) is 0 Å². The topological polar surface area (TPSA) is 55.6 Å². The summed E-state index contributed by atoms with van der Waals surface area (Å²) in [4.78, 5) is 14.3. The Morgan fingerprint density at radius 1 is 1.15 bits per heavy atom. The Balaban J connectivity index is 0.00000243. The van der Waals surface area contributed by atoms with E-state index in [-0.39, 0.29) is 30.5 Å². The highest BCUT2D eigenvalue weighted by Crippen LogP contribution is 2.31. The minimum absolute atomic E-state index is 0. The Hall–Kier alpha value is -2.41. The van der Waals surface area contributed by atoms with Crippen LogP contribution in [0.25, 0.3) is 0 Å². The molecule has 4 nitrogen and oxygen atoms in total. The number of ether oxygens (including phenoxy) is 1. The van der Waals surface area contributed by atoms with Gasteiger partial charge in [-0.25, -0.2) is 0 Å². The Morgan fingerprint density at radius 2 is 1.85 bits per heavy atom. The summed E-state index contributed by atoms with van der Waals surface area (Å²) in [5.41, 5.74) is 9.05. The summed E-state index contributed by atoms with van der Waals surface area (Å²) in [5, 5.41) is 0. The molecule has 0 unspecified atom stereocenters. The lowest BCUT2D eigenvalue weighted by Crippen LogP contribution is -2.36. The quantitative estimate of drug-likeness (QED) is 0.808. The van der Waals surface area contributed by atoms with E-state index in [9.17, 15) is 18.0 Å². The van der Waals surface area contributed by atoms with Crippen molar-refractivity contribution in [2.75, 3.05) is 17.2 Å². The van der Waals surface area contributed by atoms with Crippen molar-refractivity contribution in [3.63, 3.8) is 0 Å². The molecule has 1 amide bonds. The molecule has 3 rings (SSSR count). The molecule has 1 aliphatic heterocycles. The Morgan fingerprint density at radius 3 is 2.50 bits per heavy atom. The van der Waals surface area contributed by atoms with Crippen molar-refractivity contribution in [1.82, 2.24) is 0 Å². The summed E-state index contributed by atoms with van der Waals surface area (Å²) in [6.45, 7) is 0.602. The van der Waals surface area contributed by atoms with Gasteiger partial charge >= 0.3 is 6.36 Å². The van der Waals surface area contributed by atoms with Gasteiger partial charge in [0.25, 0.3) is 0 Å². The highest BCUT2D eigenvalue weighted by atomic mass is 35.5. The molecule has 2 aromatic carbocycles. The number of nitrogen functional groups attached to an aromatic ring is 1. The molecule has 1 aliphatic rings. The van der Waals surface area contributed by atoms with Crippen molar-refractivity contribution in [2.24, 2.45) is 0 Å². The molecule has 0 spiro atoms. The van der Waals surface area contributed by atoms with Gasteiger partial charge in [0.2, 0.25) is 5.91 Å². The number of benzene rings is 2. The monoisotopic (exact) mass is 386 g/mol. The van der Waals surface area contributed by atoms with Crippen LogP contribution in [0.5, 0.6) is 5.75 Å². The lowest BCUT2D eigenvalue weighted by Gasteiger charge is -2.30.